The Bertz CT molecular complexity index is 524. The van der Waals surface area contributed by atoms with Gasteiger partial charge in [-0.3, -0.25) is 4.98 Å². The molecule has 1 N–H and O–H groups in total. The highest BCUT2D eigenvalue weighted by atomic mass is 32.2. The Labute approximate surface area is 95.5 Å². The lowest BCUT2D eigenvalue weighted by atomic mass is 10.5. The van der Waals surface area contributed by atoms with Crippen LogP contribution in [0.25, 0.3) is 0 Å². The summed E-state index contributed by atoms with van der Waals surface area (Å²) in [5, 5.41) is 9.88. The third-order valence-corrected chi connectivity index (χ3v) is 2.84. The zero-order valence-corrected chi connectivity index (χ0v) is 9.19. The van der Waals surface area contributed by atoms with Crippen molar-refractivity contribution < 1.29 is 14.3 Å². The van der Waals surface area contributed by atoms with Crippen molar-refractivity contribution in [2.45, 2.75) is 17.0 Å². The molecule has 0 aliphatic carbocycles. The van der Waals surface area contributed by atoms with Crippen LogP contribution in [0.4, 0.5) is 0 Å². The molecule has 0 amide bonds. The first-order chi connectivity index (χ1) is 7.66. The van der Waals surface area contributed by atoms with E-state index in [0.29, 0.717) is 10.1 Å². The fraction of sp³-hybridized carbons (Fsp3) is 0.100. The van der Waals surface area contributed by atoms with Gasteiger partial charge < -0.3 is 9.52 Å². The molecule has 0 unspecified atom stereocenters. The Morgan fingerprint density at radius 1 is 1.38 bits per heavy atom. The van der Waals surface area contributed by atoms with E-state index >= 15 is 0 Å². The summed E-state index contributed by atoms with van der Waals surface area (Å²) in [4.78, 5) is 18.8. The van der Waals surface area contributed by atoms with Crippen molar-refractivity contribution in [1.82, 2.24) is 9.97 Å². The predicted molar refractivity (Wildman–Crippen MR) is 56.6 cm³/mol. The number of hydrogen-bond donors (Lipinski definition) is 1. The van der Waals surface area contributed by atoms with Crippen molar-refractivity contribution in [3.63, 3.8) is 0 Å². The number of aromatic nitrogens is 2. The molecule has 2 aromatic rings. The lowest BCUT2D eigenvalue weighted by molar-refractivity contribution is 0.0656. The Kier molecular flexibility index (Phi) is 2.91. The largest absolute Gasteiger partial charge is 0.475 e. The van der Waals surface area contributed by atoms with Crippen molar-refractivity contribution in [3.8, 4) is 0 Å². The molecular weight excluding hydrogens is 228 g/mol. The summed E-state index contributed by atoms with van der Waals surface area (Å²) in [7, 11) is 0. The van der Waals surface area contributed by atoms with Gasteiger partial charge in [0.1, 0.15) is 5.03 Å². The van der Waals surface area contributed by atoms with Crippen LogP contribution >= 0.6 is 11.8 Å². The number of nitrogens with zero attached hydrogens (tertiary/aromatic N) is 2. The number of aryl methyl sites for hydroxylation is 1. The molecule has 5 nitrogen and oxygen atoms in total. The monoisotopic (exact) mass is 236 g/mol. The first-order valence-corrected chi connectivity index (χ1v) is 5.27. The van der Waals surface area contributed by atoms with E-state index in [4.69, 9.17) is 9.52 Å². The van der Waals surface area contributed by atoms with Crippen LogP contribution in [0.3, 0.4) is 0 Å². The SMILES string of the molecule is Cc1nccnc1Sc1ccc(C(=O)O)o1. The summed E-state index contributed by atoms with van der Waals surface area (Å²) in [5.41, 5.74) is 0.778. The summed E-state index contributed by atoms with van der Waals surface area (Å²) in [6.07, 6.45) is 3.18. The standard InChI is InChI=1S/C10H8N2O3S/c1-6-9(12-5-4-11-6)16-8-3-2-7(15-8)10(13)14/h2-5H,1H3,(H,13,14). The lowest BCUT2D eigenvalue weighted by Crippen LogP contribution is -1.91. The van der Waals surface area contributed by atoms with Crippen LogP contribution in [0, 0.1) is 6.92 Å². The summed E-state index contributed by atoms with van der Waals surface area (Å²) in [6, 6.07) is 3.01. The van der Waals surface area contributed by atoms with Crippen LogP contribution in [0.15, 0.2) is 39.1 Å². The van der Waals surface area contributed by atoms with Crippen molar-refractivity contribution in [2.75, 3.05) is 0 Å². The second kappa shape index (κ2) is 4.36. The molecule has 0 aromatic carbocycles. The first-order valence-electron chi connectivity index (χ1n) is 4.45. The number of carboxylic acid groups (broad SMARTS) is 1. The van der Waals surface area contributed by atoms with E-state index in [1.165, 1.54) is 17.8 Å². The van der Waals surface area contributed by atoms with E-state index in [1.54, 1.807) is 18.5 Å². The van der Waals surface area contributed by atoms with Gasteiger partial charge in [0.05, 0.1) is 5.69 Å². The predicted octanol–water partition coefficient (Wildman–Crippen LogP) is 2.23. The molecule has 0 atom stereocenters. The average Bonchev–Trinajstić information content (AvgIpc) is 2.70. The maximum atomic E-state index is 10.6. The molecule has 82 valence electrons. The zero-order chi connectivity index (χ0) is 11.5. The van der Waals surface area contributed by atoms with Gasteiger partial charge in [-0.25, -0.2) is 9.78 Å². The van der Waals surface area contributed by atoms with E-state index in [9.17, 15) is 4.79 Å². The quantitative estimate of drug-likeness (QED) is 0.880. The van der Waals surface area contributed by atoms with Crippen molar-refractivity contribution in [3.05, 3.63) is 36.0 Å². The van der Waals surface area contributed by atoms with Gasteiger partial charge in [0.15, 0.2) is 5.09 Å². The molecule has 2 aromatic heterocycles. The van der Waals surface area contributed by atoms with E-state index < -0.39 is 5.97 Å². The summed E-state index contributed by atoms with van der Waals surface area (Å²) in [5.74, 6) is -1.16. The van der Waals surface area contributed by atoms with Crippen LogP contribution in [0.2, 0.25) is 0 Å². The topological polar surface area (TPSA) is 76.2 Å². The number of furan rings is 1. The molecular formula is C10H8N2O3S. The minimum absolute atomic E-state index is 0.0796. The molecule has 2 rings (SSSR count). The Morgan fingerprint density at radius 2 is 2.12 bits per heavy atom. The van der Waals surface area contributed by atoms with Crippen LogP contribution in [0.1, 0.15) is 16.2 Å². The average molecular weight is 236 g/mol. The summed E-state index contributed by atoms with van der Waals surface area (Å²) in [6.45, 7) is 1.83. The number of carboxylic acids is 1. The molecule has 0 saturated heterocycles. The third-order valence-electron chi connectivity index (χ3n) is 1.83. The molecule has 0 radical (unpaired) electrons. The zero-order valence-electron chi connectivity index (χ0n) is 8.38. The number of hydrogen-bond acceptors (Lipinski definition) is 5. The third kappa shape index (κ3) is 2.22. The maximum Gasteiger partial charge on any atom is 0.371 e. The highest BCUT2D eigenvalue weighted by Crippen LogP contribution is 2.28. The highest BCUT2D eigenvalue weighted by Gasteiger charge is 2.11. The van der Waals surface area contributed by atoms with Gasteiger partial charge in [-0.15, -0.1) is 0 Å². The van der Waals surface area contributed by atoms with Gasteiger partial charge >= 0.3 is 5.97 Å². The summed E-state index contributed by atoms with van der Waals surface area (Å²) < 4.78 is 5.10. The van der Waals surface area contributed by atoms with Crippen molar-refractivity contribution in [1.29, 1.82) is 0 Å². The molecule has 0 spiro atoms. The van der Waals surface area contributed by atoms with E-state index in [-0.39, 0.29) is 5.76 Å². The van der Waals surface area contributed by atoms with Crippen LogP contribution in [0.5, 0.6) is 0 Å². The number of rotatable bonds is 3. The van der Waals surface area contributed by atoms with E-state index in [0.717, 1.165) is 5.69 Å². The van der Waals surface area contributed by atoms with Crippen LogP contribution in [-0.4, -0.2) is 21.0 Å². The molecule has 2 heterocycles. The lowest BCUT2D eigenvalue weighted by Gasteiger charge is -1.99. The second-order valence-electron chi connectivity index (χ2n) is 2.97. The molecule has 6 heteroatoms. The smallest absolute Gasteiger partial charge is 0.371 e. The van der Waals surface area contributed by atoms with Gasteiger partial charge in [-0.1, -0.05) is 0 Å². The summed E-state index contributed by atoms with van der Waals surface area (Å²) >= 11 is 1.25. The van der Waals surface area contributed by atoms with Gasteiger partial charge in [0, 0.05) is 12.4 Å². The number of aromatic carboxylic acids is 1. The highest BCUT2D eigenvalue weighted by molar-refractivity contribution is 7.99. The second-order valence-corrected chi connectivity index (χ2v) is 3.97. The van der Waals surface area contributed by atoms with E-state index in [1.807, 2.05) is 6.92 Å². The number of carbonyl (C=O) groups is 1. The van der Waals surface area contributed by atoms with Crippen molar-refractivity contribution in [2.24, 2.45) is 0 Å². The normalized spacial score (nSPS) is 10.3. The Balaban J connectivity index is 2.21. The molecule has 0 bridgehead atoms. The molecule has 0 saturated carbocycles. The molecule has 0 fully saturated rings. The first kappa shape index (κ1) is 10.7. The van der Waals surface area contributed by atoms with Gasteiger partial charge in [-0.05, 0) is 30.8 Å². The molecule has 0 aliphatic rings. The van der Waals surface area contributed by atoms with Crippen LogP contribution in [-0.2, 0) is 0 Å². The Hall–Kier alpha value is -1.82. The minimum atomic E-state index is -1.08. The van der Waals surface area contributed by atoms with E-state index in [2.05, 4.69) is 9.97 Å². The fourth-order valence-electron chi connectivity index (χ4n) is 1.08. The van der Waals surface area contributed by atoms with Crippen LogP contribution < -0.4 is 0 Å². The van der Waals surface area contributed by atoms with Crippen molar-refractivity contribution >= 4 is 17.7 Å². The Morgan fingerprint density at radius 3 is 2.75 bits per heavy atom. The minimum Gasteiger partial charge on any atom is -0.475 e. The van der Waals surface area contributed by atoms with Gasteiger partial charge in [0.2, 0.25) is 5.76 Å². The molecule has 16 heavy (non-hydrogen) atoms. The maximum absolute atomic E-state index is 10.6. The van der Waals surface area contributed by atoms with Gasteiger partial charge in [-0.2, -0.15) is 0 Å². The fourth-order valence-corrected chi connectivity index (χ4v) is 1.85. The van der Waals surface area contributed by atoms with Gasteiger partial charge in [0.25, 0.3) is 0 Å². The molecule has 0 aliphatic heterocycles.